The first kappa shape index (κ1) is 15.5. The van der Waals surface area contributed by atoms with E-state index in [0.717, 1.165) is 12.1 Å². The highest BCUT2D eigenvalue weighted by atomic mass is 19.4. The van der Waals surface area contributed by atoms with Crippen molar-refractivity contribution in [3.05, 3.63) is 71.0 Å². The highest BCUT2D eigenvalue weighted by Gasteiger charge is 2.30. The van der Waals surface area contributed by atoms with Crippen LogP contribution in [0.3, 0.4) is 0 Å². The van der Waals surface area contributed by atoms with Gasteiger partial charge in [0.05, 0.1) is 11.6 Å². The van der Waals surface area contributed by atoms with Crippen molar-refractivity contribution in [3.8, 4) is 0 Å². The number of benzene rings is 2. The van der Waals surface area contributed by atoms with Crippen LogP contribution < -0.4 is 11.3 Å². The van der Waals surface area contributed by atoms with Gasteiger partial charge in [0, 0.05) is 0 Å². The predicted molar refractivity (Wildman–Crippen MR) is 71.6 cm³/mol. The zero-order chi connectivity index (χ0) is 15.5. The first-order valence-electron chi connectivity index (χ1n) is 6.28. The van der Waals surface area contributed by atoms with Crippen LogP contribution in [0.15, 0.2) is 48.5 Å². The number of hydrogen-bond acceptors (Lipinski definition) is 2. The minimum Gasteiger partial charge on any atom is -0.271 e. The Kier molecular flexibility index (Phi) is 4.59. The van der Waals surface area contributed by atoms with E-state index in [1.165, 1.54) is 18.2 Å². The molecule has 1 atom stereocenters. The number of nitrogens with two attached hydrogens (primary N) is 1. The molecule has 0 aliphatic rings. The van der Waals surface area contributed by atoms with Crippen molar-refractivity contribution >= 4 is 0 Å². The van der Waals surface area contributed by atoms with Crippen molar-refractivity contribution in [1.29, 1.82) is 0 Å². The summed E-state index contributed by atoms with van der Waals surface area (Å²) in [6.07, 6.45) is -4.13. The molecule has 0 amide bonds. The highest BCUT2D eigenvalue weighted by molar-refractivity contribution is 5.29. The molecule has 6 heteroatoms. The van der Waals surface area contributed by atoms with Crippen LogP contribution in [0.4, 0.5) is 17.6 Å². The monoisotopic (exact) mass is 298 g/mol. The molecule has 0 bridgehead atoms. The van der Waals surface area contributed by atoms with Crippen molar-refractivity contribution in [1.82, 2.24) is 5.43 Å². The molecule has 0 aromatic heterocycles. The lowest BCUT2D eigenvalue weighted by atomic mass is 9.98. The fourth-order valence-corrected chi connectivity index (χ4v) is 2.06. The molecule has 3 N–H and O–H groups in total. The average Bonchev–Trinajstić information content (AvgIpc) is 2.46. The summed E-state index contributed by atoms with van der Waals surface area (Å²) in [5, 5.41) is 0. The van der Waals surface area contributed by atoms with Gasteiger partial charge in [0.2, 0.25) is 0 Å². The molecule has 0 heterocycles. The summed E-state index contributed by atoms with van der Waals surface area (Å²) in [5.74, 6) is 5.06. The molecule has 1 unspecified atom stereocenters. The van der Waals surface area contributed by atoms with Gasteiger partial charge in [-0.3, -0.25) is 11.3 Å². The summed E-state index contributed by atoms with van der Waals surface area (Å²) in [5.41, 5.74) is 2.78. The molecule has 0 aliphatic heterocycles. The van der Waals surface area contributed by atoms with Gasteiger partial charge in [0.15, 0.2) is 0 Å². The molecule has 0 saturated heterocycles. The van der Waals surface area contributed by atoms with E-state index in [4.69, 9.17) is 5.84 Å². The first-order valence-corrected chi connectivity index (χ1v) is 6.28. The summed E-state index contributed by atoms with van der Waals surface area (Å²) in [4.78, 5) is 0. The second kappa shape index (κ2) is 6.24. The number of hydrogen-bond donors (Lipinski definition) is 2. The average molecular weight is 298 g/mol. The Bertz CT molecular complexity index is 593. The van der Waals surface area contributed by atoms with E-state index < -0.39 is 17.8 Å². The van der Waals surface area contributed by atoms with Crippen LogP contribution in [-0.2, 0) is 12.6 Å². The SMILES string of the molecule is NNC(Cc1ccccc1F)c1ccc(C(F)(F)F)cc1. The molecular formula is C15H14F4N2. The van der Waals surface area contributed by atoms with Crippen LogP contribution in [0.2, 0.25) is 0 Å². The van der Waals surface area contributed by atoms with E-state index in [-0.39, 0.29) is 12.2 Å². The fourth-order valence-electron chi connectivity index (χ4n) is 2.06. The van der Waals surface area contributed by atoms with Crippen LogP contribution in [0.1, 0.15) is 22.7 Å². The van der Waals surface area contributed by atoms with Crippen LogP contribution in [0, 0.1) is 5.82 Å². The van der Waals surface area contributed by atoms with Gasteiger partial charge >= 0.3 is 6.18 Å². The number of hydrazine groups is 1. The molecule has 0 fully saturated rings. The second-order valence-electron chi connectivity index (χ2n) is 4.63. The molecule has 2 rings (SSSR count). The zero-order valence-corrected chi connectivity index (χ0v) is 11.0. The van der Waals surface area contributed by atoms with Gasteiger partial charge in [-0.15, -0.1) is 0 Å². The van der Waals surface area contributed by atoms with Crippen molar-refractivity contribution < 1.29 is 17.6 Å². The molecular weight excluding hydrogens is 284 g/mol. The van der Waals surface area contributed by atoms with E-state index in [0.29, 0.717) is 11.1 Å². The van der Waals surface area contributed by atoms with Gasteiger partial charge < -0.3 is 0 Å². The topological polar surface area (TPSA) is 38.0 Å². The number of nitrogens with one attached hydrogen (secondary N) is 1. The third-order valence-electron chi connectivity index (χ3n) is 3.22. The number of alkyl halides is 3. The van der Waals surface area contributed by atoms with Crippen molar-refractivity contribution in [3.63, 3.8) is 0 Å². The Labute approximate surface area is 119 Å². The molecule has 2 aromatic rings. The number of rotatable bonds is 4. The Morgan fingerprint density at radius 2 is 1.62 bits per heavy atom. The molecule has 0 aliphatic carbocycles. The second-order valence-corrected chi connectivity index (χ2v) is 4.63. The molecule has 2 nitrogen and oxygen atoms in total. The van der Waals surface area contributed by atoms with Crippen LogP contribution in [0.5, 0.6) is 0 Å². The van der Waals surface area contributed by atoms with E-state index in [2.05, 4.69) is 5.43 Å². The Balaban J connectivity index is 2.20. The van der Waals surface area contributed by atoms with Crippen molar-refractivity contribution in [2.45, 2.75) is 18.6 Å². The molecule has 2 aromatic carbocycles. The van der Waals surface area contributed by atoms with E-state index in [1.807, 2.05) is 0 Å². The molecule has 0 spiro atoms. The van der Waals surface area contributed by atoms with E-state index in [9.17, 15) is 17.6 Å². The quantitative estimate of drug-likeness (QED) is 0.514. The third kappa shape index (κ3) is 3.80. The summed E-state index contributed by atoms with van der Waals surface area (Å²) in [6.45, 7) is 0. The van der Waals surface area contributed by atoms with Crippen molar-refractivity contribution in [2.75, 3.05) is 0 Å². The number of halogens is 4. The van der Waals surface area contributed by atoms with E-state index >= 15 is 0 Å². The highest BCUT2D eigenvalue weighted by Crippen LogP contribution is 2.30. The largest absolute Gasteiger partial charge is 0.416 e. The van der Waals surface area contributed by atoms with Gasteiger partial charge in [0.1, 0.15) is 5.82 Å². The molecule has 112 valence electrons. The maximum absolute atomic E-state index is 13.6. The Morgan fingerprint density at radius 1 is 1.00 bits per heavy atom. The maximum atomic E-state index is 13.6. The lowest BCUT2D eigenvalue weighted by Gasteiger charge is -2.17. The van der Waals surface area contributed by atoms with Gasteiger partial charge in [-0.05, 0) is 35.7 Å². The fraction of sp³-hybridized carbons (Fsp3) is 0.200. The first-order chi connectivity index (χ1) is 9.91. The third-order valence-corrected chi connectivity index (χ3v) is 3.22. The van der Waals surface area contributed by atoms with Gasteiger partial charge in [-0.1, -0.05) is 30.3 Å². The molecule has 0 saturated carbocycles. The van der Waals surface area contributed by atoms with Crippen LogP contribution >= 0.6 is 0 Å². The van der Waals surface area contributed by atoms with Gasteiger partial charge in [-0.25, -0.2) is 4.39 Å². The van der Waals surface area contributed by atoms with Crippen molar-refractivity contribution in [2.24, 2.45) is 5.84 Å². The predicted octanol–water partition coefficient (Wildman–Crippen LogP) is 3.59. The normalized spacial score (nSPS) is 13.2. The van der Waals surface area contributed by atoms with Crippen LogP contribution in [-0.4, -0.2) is 0 Å². The van der Waals surface area contributed by atoms with Crippen LogP contribution in [0.25, 0.3) is 0 Å². The summed E-state index contributed by atoms with van der Waals surface area (Å²) in [6, 6.07) is 10.4. The summed E-state index contributed by atoms with van der Waals surface area (Å²) < 4.78 is 51.1. The minimum atomic E-state index is -4.38. The standard InChI is InChI=1S/C15H14F4N2/c16-13-4-2-1-3-11(13)9-14(21-20)10-5-7-12(8-6-10)15(17,18)19/h1-8,14,21H,9,20H2. The van der Waals surface area contributed by atoms with Gasteiger partial charge in [-0.2, -0.15) is 13.2 Å². The van der Waals surface area contributed by atoms with Gasteiger partial charge in [0.25, 0.3) is 0 Å². The lowest BCUT2D eigenvalue weighted by molar-refractivity contribution is -0.137. The van der Waals surface area contributed by atoms with E-state index in [1.54, 1.807) is 18.2 Å². The molecule has 0 radical (unpaired) electrons. The molecule has 21 heavy (non-hydrogen) atoms. The smallest absolute Gasteiger partial charge is 0.271 e. The summed E-state index contributed by atoms with van der Waals surface area (Å²) in [7, 11) is 0. The minimum absolute atomic E-state index is 0.245. The lowest BCUT2D eigenvalue weighted by Crippen LogP contribution is -2.29. The Morgan fingerprint density at radius 3 is 2.14 bits per heavy atom. The Hall–Kier alpha value is -1.92. The maximum Gasteiger partial charge on any atom is 0.416 e. The zero-order valence-electron chi connectivity index (χ0n) is 11.0. The summed E-state index contributed by atoms with van der Waals surface area (Å²) >= 11 is 0.